The monoisotopic (exact) mass is 330 g/mol. The van der Waals surface area contributed by atoms with E-state index in [9.17, 15) is 19.8 Å². The van der Waals surface area contributed by atoms with Gasteiger partial charge in [0.15, 0.2) is 0 Å². The first-order valence-corrected chi connectivity index (χ1v) is 8.19. The molecule has 2 rings (SSSR count). The summed E-state index contributed by atoms with van der Waals surface area (Å²) in [6.45, 7) is 0. The van der Waals surface area contributed by atoms with Gasteiger partial charge in [-0.3, -0.25) is 9.59 Å². The van der Waals surface area contributed by atoms with Gasteiger partial charge in [0, 0.05) is 10.5 Å². The maximum atomic E-state index is 11.2. The topological polar surface area (TPSA) is 74.6 Å². The molecule has 0 saturated heterocycles. The molecule has 0 spiro atoms. The lowest BCUT2D eigenvalue weighted by Crippen LogP contribution is -2.09. The minimum atomic E-state index is -0.895. The molecule has 23 heavy (non-hydrogen) atoms. The van der Waals surface area contributed by atoms with Gasteiger partial charge >= 0.3 is 11.9 Å². The number of carboxylic acid groups (broad SMARTS) is 2. The first kappa shape index (κ1) is 17.1. The van der Waals surface area contributed by atoms with E-state index in [1.807, 2.05) is 60.7 Å². The van der Waals surface area contributed by atoms with Crippen molar-refractivity contribution in [3.63, 3.8) is 0 Å². The molecule has 0 saturated carbocycles. The highest BCUT2D eigenvalue weighted by molar-refractivity contribution is 7.99. The van der Waals surface area contributed by atoms with Crippen molar-refractivity contribution in [3.05, 3.63) is 71.8 Å². The summed E-state index contributed by atoms with van der Waals surface area (Å²) in [4.78, 5) is 22.4. The summed E-state index contributed by atoms with van der Waals surface area (Å²) in [5.74, 6) is -1.79. The zero-order valence-electron chi connectivity index (χ0n) is 12.5. The van der Waals surface area contributed by atoms with E-state index in [4.69, 9.17) is 0 Å². The van der Waals surface area contributed by atoms with E-state index in [2.05, 4.69) is 0 Å². The van der Waals surface area contributed by atoms with Crippen molar-refractivity contribution in [1.82, 2.24) is 0 Å². The van der Waals surface area contributed by atoms with Crippen molar-refractivity contribution >= 4 is 23.7 Å². The van der Waals surface area contributed by atoms with Crippen LogP contribution in [0, 0.1) is 0 Å². The SMILES string of the molecule is O=C(O)CC(SC(CC(=O)O)c1ccccc1)c1ccccc1. The summed E-state index contributed by atoms with van der Waals surface area (Å²) in [6.07, 6.45) is -0.0880. The molecule has 2 N–H and O–H groups in total. The number of aliphatic carboxylic acids is 2. The normalized spacial score (nSPS) is 13.2. The highest BCUT2D eigenvalue weighted by Gasteiger charge is 2.24. The Kier molecular flexibility index (Phi) is 6.23. The number of hydrogen-bond acceptors (Lipinski definition) is 3. The number of carbonyl (C=O) groups is 2. The van der Waals surface area contributed by atoms with E-state index < -0.39 is 11.9 Å². The number of hydrogen-bond donors (Lipinski definition) is 2. The average molecular weight is 330 g/mol. The van der Waals surface area contributed by atoms with Gasteiger partial charge in [0.25, 0.3) is 0 Å². The van der Waals surface area contributed by atoms with Crippen molar-refractivity contribution in [2.45, 2.75) is 23.3 Å². The summed E-state index contributed by atoms with van der Waals surface area (Å²) in [5.41, 5.74) is 1.79. The van der Waals surface area contributed by atoms with Crippen LogP contribution in [0.4, 0.5) is 0 Å². The van der Waals surface area contributed by atoms with Gasteiger partial charge in [0.2, 0.25) is 0 Å². The van der Waals surface area contributed by atoms with Crippen LogP contribution in [-0.2, 0) is 9.59 Å². The van der Waals surface area contributed by atoms with Crippen LogP contribution in [0.15, 0.2) is 60.7 Å². The standard InChI is InChI=1S/C18H18O4S/c19-17(20)11-15(13-7-3-1-4-8-13)23-16(12-18(21)22)14-9-5-2-6-10-14/h1-10,15-16H,11-12H2,(H,19,20)(H,21,22). The molecule has 2 unspecified atom stereocenters. The maximum Gasteiger partial charge on any atom is 0.304 e. The second-order valence-corrected chi connectivity index (χ2v) is 6.54. The number of thioether (sulfide) groups is 1. The Morgan fingerprint density at radius 1 is 0.739 bits per heavy atom. The van der Waals surface area contributed by atoms with E-state index in [-0.39, 0.29) is 23.3 Å². The Hall–Kier alpha value is -2.27. The molecule has 0 fully saturated rings. The molecular formula is C18H18O4S. The Labute approximate surface area is 139 Å². The van der Waals surface area contributed by atoms with Crippen molar-refractivity contribution in [1.29, 1.82) is 0 Å². The number of carboxylic acids is 2. The molecule has 2 aromatic carbocycles. The van der Waals surface area contributed by atoms with E-state index in [1.54, 1.807) is 0 Å². The Morgan fingerprint density at radius 2 is 1.09 bits per heavy atom. The molecule has 4 nitrogen and oxygen atoms in total. The number of benzene rings is 2. The van der Waals surface area contributed by atoms with Gasteiger partial charge in [-0.15, -0.1) is 11.8 Å². The van der Waals surface area contributed by atoms with Crippen LogP contribution < -0.4 is 0 Å². The first-order chi connectivity index (χ1) is 11.1. The van der Waals surface area contributed by atoms with Gasteiger partial charge in [-0.25, -0.2) is 0 Å². The molecule has 2 aromatic rings. The van der Waals surface area contributed by atoms with Crippen LogP contribution in [-0.4, -0.2) is 22.2 Å². The zero-order chi connectivity index (χ0) is 16.7. The molecule has 0 radical (unpaired) electrons. The summed E-state index contributed by atoms with van der Waals surface area (Å²) >= 11 is 1.39. The van der Waals surface area contributed by atoms with Crippen molar-refractivity contribution in [2.75, 3.05) is 0 Å². The molecule has 2 atom stereocenters. The van der Waals surface area contributed by atoms with Gasteiger partial charge in [0.1, 0.15) is 0 Å². The maximum absolute atomic E-state index is 11.2. The summed E-state index contributed by atoms with van der Waals surface area (Å²) < 4.78 is 0. The van der Waals surface area contributed by atoms with Crippen LogP contribution in [0.3, 0.4) is 0 Å². The Morgan fingerprint density at radius 3 is 1.39 bits per heavy atom. The Bertz CT molecular complexity index is 585. The fourth-order valence-electron chi connectivity index (χ4n) is 2.34. The van der Waals surface area contributed by atoms with Gasteiger partial charge in [0.05, 0.1) is 12.8 Å². The first-order valence-electron chi connectivity index (χ1n) is 7.25. The predicted octanol–water partition coefficient (Wildman–Crippen LogP) is 4.15. The van der Waals surface area contributed by atoms with Crippen LogP contribution in [0.1, 0.15) is 34.5 Å². The summed E-state index contributed by atoms with van der Waals surface area (Å²) in [5, 5.41) is 17.8. The fraction of sp³-hybridized carbons (Fsp3) is 0.222. The highest BCUT2D eigenvalue weighted by atomic mass is 32.2. The summed E-state index contributed by atoms with van der Waals surface area (Å²) in [7, 11) is 0. The smallest absolute Gasteiger partial charge is 0.304 e. The van der Waals surface area contributed by atoms with E-state index in [0.29, 0.717) is 0 Å². The predicted molar refractivity (Wildman–Crippen MR) is 90.5 cm³/mol. The molecule has 0 heterocycles. The van der Waals surface area contributed by atoms with Gasteiger partial charge < -0.3 is 10.2 Å². The van der Waals surface area contributed by atoms with Crippen molar-refractivity contribution in [2.24, 2.45) is 0 Å². The second-order valence-electron chi connectivity index (χ2n) is 5.13. The quantitative estimate of drug-likeness (QED) is 0.760. The third-order valence-electron chi connectivity index (χ3n) is 3.39. The largest absolute Gasteiger partial charge is 0.481 e. The van der Waals surface area contributed by atoms with Crippen molar-refractivity contribution in [3.8, 4) is 0 Å². The van der Waals surface area contributed by atoms with Gasteiger partial charge in [-0.1, -0.05) is 60.7 Å². The third kappa shape index (κ3) is 5.45. The molecule has 0 aromatic heterocycles. The summed E-state index contributed by atoms with van der Waals surface area (Å²) in [6, 6.07) is 18.7. The van der Waals surface area contributed by atoms with E-state index in [0.717, 1.165) is 11.1 Å². The Balaban J connectivity index is 2.26. The molecule has 0 bridgehead atoms. The van der Waals surface area contributed by atoms with E-state index >= 15 is 0 Å². The minimum absolute atomic E-state index is 0.0440. The van der Waals surface area contributed by atoms with E-state index in [1.165, 1.54) is 11.8 Å². The average Bonchev–Trinajstić information content (AvgIpc) is 2.54. The molecule has 5 heteroatoms. The molecular weight excluding hydrogens is 312 g/mol. The highest BCUT2D eigenvalue weighted by Crippen LogP contribution is 2.44. The molecule has 0 aliphatic heterocycles. The molecule has 120 valence electrons. The minimum Gasteiger partial charge on any atom is -0.481 e. The lowest BCUT2D eigenvalue weighted by Gasteiger charge is -2.22. The van der Waals surface area contributed by atoms with Crippen molar-refractivity contribution < 1.29 is 19.8 Å². The van der Waals surface area contributed by atoms with Crippen LogP contribution >= 0.6 is 11.8 Å². The van der Waals surface area contributed by atoms with Crippen LogP contribution in [0.2, 0.25) is 0 Å². The third-order valence-corrected chi connectivity index (χ3v) is 4.93. The fourth-order valence-corrected chi connectivity index (χ4v) is 3.84. The number of rotatable bonds is 8. The lowest BCUT2D eigenvalue weighted by molar-refractivity contribution is -0.137. The molecule has 0 amide bonds. The molecule has 0 aliphatic carbocycles. The van der Waals surface area contributed by atoms with Crippen LogP contribution in [0.25, 0.3) is 0 Å². The van der Waals surface area contributed by atoms with Gasteiger partial charge in [-0.2, -0.15) is 0 Å². The molecule has 0 aliphatic rings. The van der Waals surface area contributed by atoms with Gasteiger partial charge in [-0.05, 0) is 11.1 Å². The second kappa shape index (κ2) is 8.39. The zero-order valence-corrected chi connectivity index (χ0v) is 13.3. The lowest BCUT2D eigenvalue weighted by atomic mass is 10.1. The van der Waals surface area contributed by atoms with Crippen LogP contribution in [0.5, 0.6) is 0 Å².